The lowest BCUT2D eigenvalue weighted by molar-refractivity contribution is 0.702. The second kappa shape index (κ2) is 5.35. The van der Waals surface area contributed by atoms with Crippen molar-refractivity contribution in [3.05, 3.63) is 16.7 Å². The molecule has 0 aliphatic carbocycles. The molecule has 15 heavy (non-hydrogen) atoms. The molecule has 0 fully saturated rings. The number of nitrogens with zero attached hydrogens (tertiary/aromatic N) is 2. The van der Waals surface area contributed by atoms with Crippen LogP contribution in [0.15, 0.2) is 11.1 Å². The van der Waals surface area contributed by atoms with Crippen molar-refractivity contribution in [3.8, 4) is 0 Å². The Bertz CT molecular complexity index is 362. The number of hydrogen-bond acceptors (Lipinski definition) is 5. The molecule has 0 unspecified atom stereocenters. The summed E-state index contributed by atoms with van der Waals surface area (Å²) in [5.41, 5.74) is 5.49. The molecule has 0 bridgehead atoms. The largest absolute Gasteiger partial charge is 0.391 e. The van der Waals surface area contributed by atoms with E-state index >= 15 is 0 Å². The van der Waals surface area contributed by atoms with Crippen molar-refractivity contribution >= 4 is 11.5 Å². The standard InChI is InChI=1S/C9H17N5O/c1-3-11-4-5-14(2)8-7(10)9(15)13-6-12-8/h6,11H,3-5,10H2,1-2H3,(H,12,13,15). The first-order valence-electron chi connectivity index (χ1n) is 4.91. The SMILES string of the molecule is CCNCCN(C)c1nc[nH]c(=O)c1N. The maximum atomic E-state index is 11.2. The van der Waals surface area contributed by atoms with E-state index in [4.69, 9.17) is 5.73 Å². The highest BCUT2D eigenvalue weighted by Gasteiger charge is 2.08. The van der Waals surface area contributed by atoms with E-state index in [1.54, 1.807) is 0 Å². The maximum Gasteiger partial charge on any atom is 0.276 e. The molecule has 0 aliphatic rings. The molecule has 0 saturated heterocycles. The Kier molecular flexibility index (Phi) is 4.11. The van der Waals surface area contributed by atoms with Gasteiger partial charge in [-0.05, 0) is 6.54 Å². The summed E-state index contributed by atoms with van der Waals surface area (Å²) in [6.45, 7) is 4.56. The Morgan fingerprint density at radius 3 is 3.07 bits per heavy atom. The van der Waals surface area contributed by atoms with E-state index in [-0.39, 0.29) is 11.2 Å². The Hall–Kier alpha value is -1.56. The second-order valence-corrected chi connectivity index (χ2v) is 3.24. The zero-order chi connectivity index (χ0) is 11.3. The highest BCUT2D eigenvalue weighted by Crippen LogP contribution is 2.11. The molecule has 1 heterocycles. The zero-order valence-electron chi connectivity index (χ0n) is 9.08. The van der Waals surface area contributed by atoms with Crippen molar-refractivity contribution in [1.29, 1.82) is 0 Å². The molecule has 0 aromatic carbocycles. The molecular weight excluding hydrogens is 194 g/mol. The van der Waals surface area contributed by atoms with Gasteiger partial charge in [0.25, 0.3) is 5.56 Å². The molecule has 0 atom stereocenters. The van der Waals surface area contributed by atoms with Crippen LogP contribution >= 0.6 is 0 Å². The topological polar surface area (TPSA) is 87.0 Å². The minimum absolute atomic E-state index is 0.163. The smallest absolute Gasteiger partial charge is 0.276 e. The molecule has 6 heteroatoms. The second-order valence-electron chi connectivity index (χ2n) is 3.24. The number of nitrogen functional groups attached to an aromatic ring is 1. The first-order valence-corrected chi connectivity index (χ1v) is 4.91. The molecule has 0 saturated carbocycles. The van der Waals surface area contributed by atoms with E-state index in [9.17, 15) is 4.79 Å². The van der Waals surface area contributed by atoms with Gasteiger partial charge in [-0.2, -0.15) is 0 Å². The molecule has 0 radical (unpaired) electrons. The lowest BCUT2D eigenvalue weighted by Gasteiger charge is -2.18. The van der Waals surface area contributed by atoms with Gasteiger partial charge in [-0.15, -0.1) is 0 Å². The van der Waals surface area contributed by atoms with Crippen LogP contribution in [-0.4, -0.2) is 36.6 Å². The number of likely N-dealkylation sites (N-methyl/N-ethyl adjacent to an activating group) is 2. The van der Waals surface area contributed by atoms with Gasteiger partial charge < -0.3 is 20.9 Å². The third kappa shape index (κ3) is 2.95. The van der Waals surface area contributed by atoms with Crippen LogP contribution < -0.4 is 21.5 Å². The first kappa shape index (κ1) is 11.5. The third-order valence-electron chi connectivity index (χ3n) is 2.10. The summed E-state index contributed by atoms with van der Waals surface area (Å²) in [7, 11) is 1.86. The molecule has 0 amide bonds. The van der Waals surface area contributed by atoms with Crippen LogP contribution in [0.25, 0.3) is 0 Å². The summed E-state index contributed by atoms with van der Waals surface area (Å²) >= 11 is 0. The van der Waals surface area contributed by atoms with E-state index in [0.717, 1.165) is 19.6 Å². The number of aromatic nitrogens is 2. The van der Waals surface area contributed by atoms with Crippen LogP contribution in [0.4, 0.5) is 11.5 Å². The number of anilines is 2. The number of aromatic amines is 1. The minimum atomic E-state index is -0.296. The summed E-state index contributed by atoms with van der Waals surface area (Å²) < 4.78 is 0. The predicted molar refractivity (Wildman–Crippen MR) is 61.1 cm³/mol. The molecular formula is C9H17N5O. The first-order chi connectivity index (χ1) is 7.16. The van der Waals surface area contributed by atoms with Crippen molar-refractivity contribution < 1.29 is 0 Å². The highest BCUT2D eigenvalue weighted by molar-refractivity contribution is 5.60. The molecule has 84 valence electrons. The van der Waals surface area contributed by atoms with Gasteiger partial charge in [0, 0.05) is 20.1 Å². The van der Waals surface area contributed by atoms with Gasteiger partial charge in [0.2, 0.25) is 0 Å². The van der Waals surface area contributed by atoms with Gasteiger partial charge in [-0.1, -0.05) is 6.92 Å². The van der Waals surface area contributed by atoms with Crippen LogP contribution in [0.3, 0.4) is 0 Å². The average molecular weight is 211 g/mol. The molecule has 0 spiro atoms. The number of nitrogens with two attached hydrogens (primary N) is 1. The van der Waals surface area contributed by atoms with Crippen molar-refractivity contribution in [1.82, 2.24) is 15.3 Å². The number of hydrogen-bond donors (Lipinski definition) is 3. The minimum Gasteiger partial charge on any atom is -0.391 e. The van der Waals surface area contributed by atoms with Crippen LogP contribution in [0.5, 0.6) is 0 Å². The molecule has 1 rings (SSSR count). The van der Waals surface area contributed by atoms with E-state index < -0.39 is 0 Å². The van der Waals surface area contributed by atoms with Crippen molar-refractivity contribution in [2.75, 3.05) is 37.3 Å². The molecule has 1 aromatic heterocycles. The number of rotatable bonds is 5. The van der Waals surface area contributed by atoms with Gasteiger partial charge >= 0.3 is 0 Å². The predicted octanol–water partition coefficient (Wildman–Crippen LogP) is -0.602. The normalized spacial score (nSPS) is 10.3. The quantitative estimate of drug-likeness (QED) is 0.566. The van der Waals surface area contributed by atoms with E-state index in [1.807, 2.05) is 18.9 Å². The zero-order valence-corrected chi connectivity index (χ0v) is 9.08. The van der Waals surface area contributed by atoms with Gasteiger partial charge in [0.15, 0.2) is 5.82 Å². The average Bonchev–Trinajstić information content (AvgIpc) is 2.22. The number of nitrogens with one attached hydrogen (secondary N) is 2. The van der Waals surface area contributed by atoms with E-state index in [2.05, 4.69) is 15.3 Å². The molecule has 6 nitrogen and oxygen atoms in total. The summed E-state index contributed by atoms with van der Waals surface area (Å²) in [6.07, 6.45) is 1.36. The maximum absolute atomic E-state index is 11.2. The van der Waals surface area contributed by atoms with Crippen LogP contribution in [0.1, 0.15) is 6.92 Å². The summed E-state index contributed by atoms with van der Waals surface area (Å²) in [5.74, 6) is 0.525. The molecule has 1 aromatic rings. The van der Waals surface area contributed by atoms with Crippen molar-refractivity contribution in [2.24, 2.45) is 0 Å². The fourth-order valence-electron chi connectivity index (χ4n) is 1.23. The summed E-state index contributed by atoms with van der Waals surface area (Å²) in [4.78, 5) is 19.5. The summed E-state index contributed by atoms with van der Waals surface area (Å²) in [6, 6.07) is 0. The Balaban J connectivity index is 2.69. The lowest BCUT2D eigenvalue weighted by Crippen LogP contribution is -2.31. The number of H-pyrrole nitrogens is 1. The Morgan fingerprint density at radius 1 is 1.67 bits per heavy atom. The summed E-state index contributed by atoms with van der Waals surface area (Å²) in [5, 5.41) is 3.19. The van der Waals surface area contributed by atoms with Crippen molar-refractivity contribution in [2.45, 2.75) is 6.92 Å². The molecule has 0 aliphatic heterocycles. The fraction of sp³-hybridized carbons (Fsp3) is 0.556. The van der Waals surface area contributed by atoms with Gasteiger partial charge in [-0.25, -0.2) is 4.98 Å². The third-order valence-corrected chi connectivity index (χ3v) is 2.10. The van der Waals surface area contributed by atoms with E-state index in [0.29, 0.717) is 5.82 Å². The monoisotopic (exact) mass is 211 g/mol. The van der Waals surface area contributed by atoms with Crippen LogP contribution in [-0.2, 0) is 0 Å². The van der Waals surface area contributed by atoms with Crippen LogP contribution in [0.2, 0.25) is 0 Å². The van der Waals surface area contributed by atoms with Gasteiger partial charge in [-0.3, -0.25) is 4.79 Å². The Morgan fingerprint density at radius 2 is 2.40 bits per heavy atom. The molecule has 4 N–H and O–H groups in total. The van der Waals surface area contributed by atoms with Gasteiger partial charge in [0.1, 0.15) is 5.69 Å². The van der Waals surface area contributed by atoms with Gasteiger partial charge in [0.05, 0.1) is 6.33 Å². The van der Waals surface area contributed by atoms with E-state index in [1.165, 1.54) is 6.33 Å². The highest BCUT2D eigenvalue weighted by atomic mass is 16.1. The fourth-order valence-corrected chi connectivity index (χ4v) is 1.23. The van der Waals surface area contributed by atoms with Crippen molar-refractivity contribution in [3.63, 3.8) is 0 Å². The Labute approximate surface area is 88.5 Å². The lowest BCUT2D eigenvalue weighted by atomic mass is 10.4. The van der Waals surface area contributed by atoms with Crippen LogP contribution in [0, 0.1) is 0 Å².